The van der Waals surface area contributed by atoms with Crippen LogP contribution in [0.5, 0.6) is 0 Å². The first kappa shape index (κ1) is 15.1. The van der Waals surface area contributed by atoms with Gasteiger partial charge in [0.05, 0.1) is 12.3 Å². The summed E-state index contributed by atoms with van der Waals surface area (Å²) in [6.45, 7) is 0. The summed E-state index contributed by atoms with van der Waals surface area (Å²) in [7, 11) is 0. The van der Waals surface area contributed by atoms with Gasteiger partial charge >= 0.3 is 0 Å². The highest BCUT2D eigenvalue weighted by Gasteiger charge is 2.45. The van der Waals surface area contributed by atoms with E-state index in [4.69, 9.17) is 4.74 Å². The van der Waals surface area contributed by atoms with Crippen molar-refractivity contribution in [1.82, 2.24) is 19.9 Å². The first-order valence-electron chi connectivity index (χ1n) is 6.20. The summed E-state index contributed by atoms with van der Waals surface area (Å²) in [6.07, 6.45) is -4.08. The smallest absolute Gasteiger partial charge is 0.181 e. The van der Waals surface area contributed by atoms with Crippen LogP contribution in [-0.2, 0) is 9.53 Å². The van der Waals surface area contributed by atoms with Crippen LogP contribution >= 0.6 is 11.8 Å². The van der Waals surface area contributed by atoms with Crippen molar-refractivity contribution in [2.75, 3.05) is 0 Å². The molecule has 0 saturated carbocycles. The van der Waals surface area contributed by atoms with Crippen molar-refractivity contribution in [3.63, 3.8) is 0 Å². The lowest BCUT2D eigenvalue weighted by atomic mass is 10.0. The second kappa shape index (κ2) is 5.78. The SMILES string of the molecule is O=C([O-])C1OC(Sc2ncnc3nc[nH]c23)C(O)C(O)C1O. The molecule has 2 aromatic heterocycles. The van der Waals surface area contributed by atoms with Gasteiger partial charge in [0.15, 0.2) is 5.65 Å². The monoisotopic (exact) mass is 327 g/mol. The maximum absolute atomic E-state index is 10.9. The summed E-state index contributed by atoms with van der Waals surface area (Å²) in [6, 6.07) is 0. The lowest BCUT2D eigenvalue weighted by Gasteiger charge is -2.40. The van der Waals surface area contributed by atoms with Gasteiger partial charge in [-0.15, -0.1) is 0 Å². The molecule has 1 aliphatic rings. The van der Waals surface area contributed by atoms with Crippen LogP contribution in [0, 0.1) is 0 Å². The molecule has 0 aliphatic carbocycles. The van der Waals surface area contributed by atoms with E-state index in [-0.39, 0.29) is 0 Å². The van der Waals surface area contributed by atoms with Gasteiger partial charge in [-0.25, -0.2) is 15.0 Å². The van der Waals surface area contributed by atoms with Crippen molar-refractivity contribution >= 4 is 28.9 Å². The fourth-order valence-corrected chi connectivity index (χ4v) is 3.15. The number of aliphatic hydroxyl groups is 3. The van der Waals surface area contributed by atoms with Crippen molar-refractivity contribution in [2.45, 2.75) is 34.9 Å². The minimum Gasteiger partial charge on any atom is -0.547 e. The number of carbonyl (C=O) groups is 1. The Morgan fingerprint density at radius 1 is 1.23 bits per heavy atom. The van der Waals surface area contributed by atoms with Crippen LogP contribution in [0.2, 0.25) is 0 Å². The van der Waals surface area contributed by atoms with Crippen LogP contribution in [-0.4, -0.2) is 71.1 Å². The first-order chi connectivity index (χ1) is 10.5. The van der Waals surface area contributed by atoms with Crippen molar-refractivity contribution in [3.05, 3.63) is 12.7 Å². The van der Waals surface area contributed by atoms with E-state index in [0.717, 1.165) is 11.8 Å². The Kier molecular flexibility index (Phi) is 3.97. The minimum atomic E-state index is -1.78. The summed E-state index contributed by atoms with van der Waals surface area (Å²) in [5.74, 6) is -1.68. The molecule has 0 bridgehead atoms. The van der Waals surface area contributed by atoms with Crippen LogP contribution in [0.3, 0.4) is 0 Å². The Morgan fingerprint density at radius 2 is 2.00 bits per heavy atom. The number of aromatic nitrogens is 4. The number of carboxylic acids is 1. The van der Waals surface area contributed by atoms with E-state index in [1.807, 2.05) is 0 Å². The molecule has 118 valence electrons. The Balaban J connectivity index is 1.87. The molecule has 5 atom stereocenters. The highest BCUT2D eigenvalue weighted by Crippen LogP contribution is 2.34. The number of fused-ring (bicyclic) bond motifs is 1. The molecule has 1 aliphatic heterocycles. The van der Waals surface area contributed by atoms with Gasteiger partial charge in [0.1, 0.15) is 46.7 Å². The third-order valence-electron chi connectivity index (χ3n) is 3.22. The van der Waals surface area contributed by atoms with Gasteiger partial charge in [-0.1, -0.05) is 11.8 Å². The number of rotatable bonds is 3. The third-order valence-corrected chi connectivity index (χ3v) is 4.37. The number of carbonyl (C=O) groups excluding carboxylic acids is 1. The number of aliphatic hydroxyl groups excluding tert-OH is 3. The highest BCUT2D eigenvalue weighted by atomic mass is 32.2. The van der Waals surface area contributed by atoms with Gasteiger partial charge < -0.3 is 34.9 Å². The molecule has 10 nitrogen and oxygen atoms in total. The third kappa shape index (κ3) is 2.53. The molecule has 0 amide bonds. The fourth-order valence-electron chi connectivity index (χ4n) is 2.08. The van der Waals surface area contributed by atoms with Gasteiger partial charge in [-0.2, -0.15) is 0 Å². The molecule has 1 fully saturated rings. The number of carboxylic acid groups (broad SMARTS) is 1. The molecule has 1 saturated heterocycles. The van der Waals surface area contributed by atoms with E-state index in [1.165, 1.54) is 12.7 Å². The van der Waals surface area contributed by atoms with Crippen LogP contribution in [0.4, 0.5) is 0 Å². The molecule has 3 heterocycles. The average molecular weight is 327 g/mol. The molecule has 0 radical (unpaired) electrons. The lowest BCUT2D eigenvalue weighted by molar-refractivity contribution is -0.329. The quantitative estimate of drug-likeness (QED) is 0.427. The Hall–Kier alpha value is -1.79. The zero-order valence-electron chi connectivity index (χ0n) is 10.9. The number of hydrogen-bond acceptors (Lipinski definition) is 10. The highest BCUT2D eigenvalue weighted by molar-refractivity contribution is 8.00. The zero-order chi connectivity index (χ0) is 15.9. The number of thioether (sulfide) groups is 1. The number of ether oxygens (including phenoxy) is 1. The fraction of sp³-hybridized carbons (Fsp3) is 0.455. The van der Waals surface area contributed by atoms with E-state index < -0.39 is 35.8 Å². The topological polar surface area (TPSA) is 165 Å². The normalized spacial score (nSPS) is 32.2. The molecular weight excluding hydrogens is 316 g/mol. The summed E-state index contributed by atoms with van der Waals surface area (Å²) in [5, 5.41) is 40.6. The van der Waals surface area contributed by atoms with Gasteiger partial charge in [0, 0.05) is 0 Å². The Morgan fingerprint density at radius 3 is 2.73 bits per heavy atom. The van der Waals surface area contributed by atoms with Gasteiger partial charge in [0.25, 0.3) is 0 Å². The van der Waals surface area contributed by atoms with Crippen LogP contribution in [0.25, 0.3) is 11.2 Å². The van der Waals surface area contributed by atoms with E-state index in [0.29, 0.717) is 16.2 Å². The predicted molar refractivity (Wildman–Crippen MR) is 69.2 cm³/mol. The van der Waals surface area contributed by atoms with Crippen molar-refractivity contribution in [2.24, 2.45) is 0 Å². The molecule has 2 aromatic rings. The molecule has 0 aromatic carbocycles. The molecular formula is C11H11N4O6S-. The maximum atomic E-state index is 10.9. The number of hydrogen-bond donors (Lipinski definition) is 4. The van der Waals surface area contributed by atoms with Gasteiger partial charge in [-0.05, 0) is 0 Å². The Labute approximate surface area is 127 Å². The van der Waals surface area contributed by atoms with E-state index in [2.05, 4.69) is 19.9 Å². The van der Waals surface area contributed by atoms with Crippen molar-refractivity contribution < 1.29 is 30.0 Å². The molecule has 5 unspecified atom stereocenters. The number of H-pyrrole nitrogens is 1. The predicted octanol–water partition coefficient (Wildman–Crippen LogP) is -3.00. The van der Waals surface area contributed by atoms with Crippen LogP contribution < -0.4 is 5.11 Å². The molecule has 22 heavy (non-hydrogen) atoms. The number of nitrogens with zero attached hydrogens (tertiary/aromatic N) is 3. The molecule has 3 rings (SSSR count). The first-order valence-corrected chi connectivity index (χ1v) is 7.08. The Bertz CT molecular complexity index is 696. The van der Waals surface area contributed by atoms with Crippen molar-refractivity contribution in [3.8, 4) is 0 Å². The number of imidazole rings is 1. The van der Waals surface area contributed by atoms with E-state index in [9.17, 15) is 25.2 Å². The molecule has 11 heteroatoms. The summed E-state index contributed by atoms with van der Waals surface area (Å²) in [5.41, 5.74) is -0.295. The maximum Gasteiger partial charge on any atom is 0.181 e. The number of nitrogens with one attached hydrogen (secondary N) is 1. The number of aromatic amines is 1. The lowest BCUT2D eigenvalue weighted by Crippen LogP contribution is -2.61. The second-order valence-electron chi connectivity index (χ2n) is 4.61. The summed E-state index contributed by atoms with van der Waals surface area (Å²) >= 11 is 0.877. The standard InChI is InChI=1S/C11H12N4O6S/c16-4-5(17)7(10(19)20)21-11(6(4)18)22-9-3-8(13-1-12-3)14-2-15-9/h1-2,4-7,11,16-18H,(H,19,20)(H,12,13,14,15)/p-1. The zero-order valence-corrected chi connectivity index (χ0v) is 11.7. The second-order valence-corrected chi connectivity index (χ2v) is 5.70. The minimum absolute atomic E-state index is 0.354. The van der Waals surface area contributed by atoms with Crippen molar-refractivity contribution in [1.29, 1.82) is 0 Å². The molecule has 4 N–H and O–H groups in total. The van der Waals surface area contributed by atoms with Crippen LogP contribution in [0.15, 0.2) is 17.7 Å². The van der Waals surface area contributed by atoms with Gasteiger partial charge in [-0.3, -0.25) is 0 Å². The average Bonchev–Trinajstić information content (AvgIpc) is 2.97. The van der Waals surface area contributed by atoms with E-state index in [1.54, 1.807) is 0 Å². The largest absolute Gasteiger partial charge is 0.547 e. The van der Waals surface area contributed by atoms with Crippen LogP contribution in [0.1, 0.15) is 0 Å². The summed E-state index contributed by atoms with van der Waals surface area (Å²) < 4.78 is 5.12. The molecule has 0 spiro atoms. The summed E-state index contributed by atoms with van der Waals surface area (Å²) in [4.78, 5) is 25.6. The van der Waals surface area contributed by atoms with Gasteiger partial charge in [0.2, 0.25) is 0 Å². The number of aliphatic carboxylic acids is 1. The van der Waals surface area contributed by atoms with E-state index >= 15 is 0 Å².